The summed E-state index contributed by atoms with van der Waals surface area (Å²) in [7, 11) is 1.53. The van der Waals surface area contributed by atoms with Crippen molar-refractivity contribution in [3.05, 3.63) is 59.9 Å². The number of methoxy groups -OCH3 is 1. The van der Waals surface area contributed by atoms with E-state index in [9.17, 15) is 14.0 Å². The van der Waals surface area contributed by atoms with E-state index in [1.165, 1.54) is 25.3 Å². The van der Waals surface area contributed by atoms with E-state index in [0.29, 0.717) is 11.4 Å². The molecule has 0 bridgehead atoms. The van der Waals surface area contributed by atoms with E-state index in [4.69, 9.17) is 4.74 Å². The van der Waals surface area contributed by atoms with Gasteiger partial charge in [0.25, 0.3) is 5.91 Å². The minimum atomic E-state index is -0.807. The first-order valence-corrected chi connectivity index (χ1v) is 7.92. The van der Waals surface area contributed by atoms with Crippen molar-refractivity contribution in [2.24, 2.45) is 5.92 Å². The first-order valence-electron chi connectivity index (χ1n) is 7.92. The van der Waals surface area contributed by atoms with E-state index in [-0.39, 0.29) is 17.4 Å². The highest BCUT2D eigenvalue weighted by atomic mass is 19.1. The average Bonchev–Trinajstić information content (AvgIpc) is 2.59. The molecule has 2 rings (SSSR count). The lowest BCUT2D eigenvalue weighted by Crippen LogP contribution is -2.47. The van der Waals surface area contributed by atoms with Gasteiger partial charge in [0.05, 0.1) is 12.7 Å². The standard InChI is InChI=1S/C19H21FN2O3/c1-12(2)17(22-18(23)15-9-4-5-10-16(15)20)19(24)21-13-7-6-8-14(11-13)25-3/h4-12,17H,1-3H3,(H,21,24)(H,22,23)/t17-/m0/s1. The minimum Gasteiger partial charge on any atom is -0.497 e. The van der Waals surface area contributed by atoms with Crippen LogP contribution in [-0.2, 0) is 4.79 Å². The number of benzene rings is 2. The second-order valence-electron chi connectivity index (χ2n) is 5.90. The first kappa shape index (κ1) is 18.4. The Morgan fingerprint density at radius 1 is 1.08 bits per heavy atom. The second kappa shape index (κ2) is 8.28. The molecule has 0 spiro atoms. The van der Waals surface area contributed by atoms with Crippen LogP contribution in [0.4, 0.5) is 10.1 Å². The molecule has 0 aliphatic heterocycles. The summed E-state index contributed by atoms with van der Waals surface area (Å²) in [5.41, 5.74) is 0.456. The number of nitrogens with one attached hydrogen (secondary N) is 2. The number of rotatable bonds is 6. The summed E-state index contributed by atoms with van der Waals surface area (Å²) in [4.78, 5) is 24.8. The molecule has 0 fully saturated rings. The molecule has 2 amide bonds. The molecule has 132 valence electrons. The number of anilines is 1. The third kappa shape index (κ3) is 4.79. The fraction of sp³-hybridized carbons (Fsp3) is 0.263. The van der Waals surface area contributed by atoms with Crippen LogP contribution in [0.3, 0.4) is 0 Å². The van der Waals surface area contributed by atoms with Crippen molar-refractivity contribution in [1.29, 1.82) is 0 Å². The van der Waals surface area contributed by atoms with Crippen LogP contribution >= 0.6 is 0 Å². The van der Waals surface area contributed by atoms with Crippen LogP contribution in [0.2, 0.25) is 0 Å². The number of halogens is 1. The van der Waals surface area contributed by atoms with Crippen LogP contribution in [0.1, 0.15) is 24.2 Å². The van der Waals surface area contributed by atoms with Gasteiger partial charge in [-0.15, -0.1) is 0 Å². The summed E-state index contributed by atoms with van der Waals surface area (Å²) in [6, 6.07) is 11.7. The van der Waals surface area contributed by atoms with E-state index in [0.717, 1.165) is 0 Å². The third-order valence-electron chi connectivity index (χ3n) is 3.69. The van der Waals surface area contributed by atoms with Gasteiger partial charge in [-0.05, 0) is 30.2 Å². The zero-order valence-electron chi connectivity index (χ0n) is 14.4. The Balaban J connectivity index is 2.13. The first-order chi connectivity index (χ1) is 11.9. The molecule has 2 aromatic carbocycles. The van der Waals surface area contributed by atoms with Gasteiger partial charge in [-0.25, -0.2) is 4.39 Å². The van der Waals surface area contributed by atoms with Crippen LogP contribution in [0, 0.1) is 11.7 Å². The fourth-order valence-electron chi connectivity index (χ4n) is 2.32. The largest absolute Gasteiger partial charge is 0.497 e. The number of ether oxygens (including phenoxy) is 1. The van der Waals surface area contributed by atoms with Crippen LogP contribution < -0.4 is 15.4 Å². The van der Waals surface area contributed by atoms with Crippen molar-refractivity contribution in [2.45, 2.75) is 19.9 Å². The molecule has 0 unspecified atom stereocenters. The van der Waals surface area contributed by atoms with Crippen molar-refractivity contribution in [3.63, 3.8) is 0 Å². The van der Waals surface area contributed by atoms with Crippen molar-refractivity contribution in [1.82, 2.24) is 5.32 Å². The zero-order chi connectivity index (χ0) is 18.4. The molecule has 0 aliphatic rings. The van der Waals surface area contributed by atoms with Crippen molar-refractivity contribution >= 4 is 17.5 Å². The number of carbonyl (C=O) groups is 2. The normalized spacial score (nSPS) is 11.7. The van der Waals surface area contributed by atoms with Gasteiger partial charge in [0.2, 0.25) is 5.91 Å². The molecule has 0 saturated carbocycles. The smallest absolute Gasteiger partial charge is 0.254 e. The highest BCUT2D eigenvalue weighted by molar-refractivity contribution is 6.01. The van der Waals surface area contributed by atoms with Crippen molar-refractivity contribution < 1.29 is 18.7 Å². The van der Waals surface area contributed by atoms with Gasteiger partial charge in [0.1, 0.15) is 17.6 Å². The molecule has 0 saturated heterocycles. The van der Waals surface area contributed by atoms with Gasteiger partial charge in [0.15, 0.2) is 0 Å². The Bertz CT molecular complexity index is 762. The van der Waals surface area contributed by atoms with Gasteiger partial charge < -0.3 is 15.4 Å². The van der Waals surface area contributed by atoms with Gasteiger partial charge in [-0.1, -0.05) is 32.0 Å². The quantitative estimate of drug-likeness (QED) is 0.845. The van der Waals surface area contributed by atoms with Gasteiger partial charge >= 0.3 is 0 Å². The van der Waals surface area contributed by atoms with Crippen LogP contribution in [0.15, 0.2) is 48.5 Å². The van der Waals surface area contributed by atoms with Crippen LogP contribution in [0.5, 0.6) is 5.75 Å². The summed E-state index contributed by atoms with van der Waals surface area (Å²) in [5, 5.41) is 5.34. The molecule has 0 radical (unpaired) electrons. The van der Waals surface area contributed by atoms with Crippen molar-refractivity contribution in [3.8, 4) is 5.75 Å². The average molecular weight is 344 g/mol. The van der Waals surface area contributed by atoms with E-state index in [1.807, 2.05) is 0 Å². The summed E-state index contributed by atoms with van der Waals surface area (Å²) in [5.74, 6) is -1.21. The molecular weight excluding hydrogens is 323 g/mol. The van der Waals surface area contributed by atoms with Crippen molar-refractivity contribution in [2.75, 3.05) is 12.4 Å². The third-order valence-corrected chi connectivity index (χ3v) is 3.69. The monoisotopic (exact) mass is 344 g/mol. The number of carbonyl (C=O) groups excluding carboxylic acids is 2. The maximum atomic E-state index is 13.7. The predicted molar refractivity (Wildman–Crippen MR) is 94.1 cm³/mol. The predicted octanol–water partition coefficient (Wildman–Crippen LogP) is 3.23. The Morgan fingerprint density at radius 3 is 2.44 bits per heavy atom. The van der Waals surface area contributed by atoms with Gasteiger partial charge in [0, 0.05) is 11.8 Å². The topological polar surface area (TPSA) is 67.4 Å². The summed E-state index contributed by atoms with van der Waals surface area (Å²) < 4.78 is 18.9. The van der Waals surface area contributed by atoms with Gasteiger partial charge in [-0.2, -0.15) is 0 Å². The molecular formula is C19H21FN2O3. The van der Waals surface area contributed by atoms with Gasteiger partial charge in [-0.3, -0.25) is 9.59 Å². The number of amides is 2. The Labute approximate surface area is 146 Å². The molecule has 6 heteroatoms. The lowest BCUT2D eigenvalue weighted by molar-refractivity contribution is -0.118. The Hall–Kier alpha value is -2.89. The van der Waals surface area contributed by atoms with E-state index >= 15 is 0 Å². The number of hydrogen-bond acceptors (Lipinski definition) is 3. The summed E-state index contributed by atoms with van der Waals surface area (Å²) in [6.07, 6.45) is 0. The Kier molecular flexibility index (Phi) is 6.11. The van der Waals surface area contributed by atoms with E-state index in [1.54, 1.807) is 44.2 Å². The Morgan fingerprint density at radius 2 is 1.80 bits per heavy atom. The van der Waals surface area contributed by atoms with E-state index < -0.39 is 17.8 Å². The maximum Gasteiger partial charge on any atom is 0.254 e. The molecule has 0 aromatic heterocycles. The van der Waals surface area contributed by atoms with Crippen LogP contribution in [-0.4, -0.2) is 25.0 Å². The second-order valence-corrected chi connectivity index (χ2v) is 5.90. The SMILES string of the molecule is COc1cccc(NC(=O)[C@@H](NC(=O)c2ccccc2F)C(C)C)c1. The molecule has 2 N–H and O–H groups in total. The highest BCUT2D eigenvalue weighted by Crippen LogP contribution is 2.18. The molecule has 2 aromatic rings. The maximum absolute atomic E-state index is 13.7. The summed E-state index contributed by atoms with van der Waals surface area (Å²) in [6.45, 7) is 3.61. The molecule has 25 heavy (non-hydrogen) atoms. The lowest BCUT2D eigenvalue weighted by atomic mass is 10.0. The van der Waals surface area contributed by atoms with Crippen LogP contribution in [0.25, 0.3) is 0 Å². The molecule has 0 heterocycles. The van der Waals surface area contributed by atoms with E-state index in [2.05, 4.69) is 10.6 Å². The summed E-state index contributed by atoms with van der Waals surface area (Å²) >= 11 is 0. The zero-order valence-corrected chi connectivity index (χ0v) is 14.4. The molecule has 5 nitrogen and oxygen atoms in total. The highest BCUT2D eigenvalue weighted by Gasteiger charge is 2.25. The minimum absolute atomic E-state index is 0.0951. The fourth-order valence-corrected chi connectivity index (χ4v) is 2.32. The molecule has 0 aliphatic carbocycles. The number of hydrogen-bond donors (Lipinski definition) is 2. The lowest BCUT2D eigenvalue weighted by Gasteiger charge is -2.22. The molecule has 1 atom stereocenters.